The molecule has 4 rings (SSSR count). The quantitative estimate of drug-likeness (QED) is 0.769. The van der Waals surface area contributed by atoms with Crippen molar-refractivity contribution in [2.75, 3.05) is 13.1 Å². The Hall–Kier alpha value is -2.38. The van der Waals surface area contributed by atoms with Crippen molar-refractivity contribution in [3.05, 3.63) is 53.5 Å². The summed E-state index contributed by atoms with van der Waals surface area (Å²) in [6, 6.07) is 2.03. The Morgan fingerprint density at radius 3 is 2.88 bits per heavy atom. The predicted molar refractivity (Wildman–Crippen MR) is 93.0 cm³/mol. The lowest BCUT2D eigenvalue weighted by molar-refractivity contribution is 0.140. The summed E-state index contributed by atoms with van der Waals surface area (Å²) in [6.07, 6.45) is 7.43. The van der Waals surface area contributed by atoms with Crippen LogP contribution in [0.25, 0.3) is 5.65 Å². The number of fused-ring (bicyclic) bond motifs is 1. The minimum Gasteiger partial charge on any atom is -0.391 e. The van der Waals surface area contributed by atoms with Crippen LogP contribution in [0.1, 0.15) is 22.6 Å². The molecule has 0 aliphatic carbocycles. The van der Waals surface area contributed by atoms with Crippen LogP contribution in [0.3, 0.4) is 0 Å². The van der Waals surface area contributed by atoms with Gasteiger partial charge in [-0.2, -0.15) is 5.10 Å². The van der Waals surface area contributed by atoms with E-state index < -0.39 is 0 Å². The Morgan fingerprint density at radius 1 is 1.20 bits per heavy atom. The first-order valence-electron chi connectivity index (χ1n) is 8.56. The fraction of sp³-hybridized carbons (Fsp3) is 0.444. The van der Waals surface area contributed by atoms with Gasteiger partial charge in [0.2, 0.25) is 0 Å². The Labute approximate surface area is 146 Å². The molecule has 1 saturated heterocycles. The highest BCUT2D eigenvalue weighted by atomic mass is 16.3. The summed E-state index contributed by atoms with van der Waals surface area (Å²) in [5, 5.41) is 14.9. The normalized spacial score (nSPS) is 21.2. The average molecular weight is 338 g/mol. The molecule has 0 spiro atoms. The third-order valence-electron chi connectivity index (χ3n) is 4.82. The van der Waals surface area contributed by atoms with Crippen LogP contribution in [-0.2, 0) is 13.0 Å². The van der Waals surface area contributed by atoms with E-state index in [0.717, 1.165) is 47.8 Å². The van der Waals surface area contributed by atoms with Gasteiger partial charge in [-0.25, -0.2) is 9.50 Å². The van der Waals surface area contributed by atoms with E-state index in [9.17, 15) is 5.11 Å². The van der Waals surface area contributed by atoms with Crippen LogP contribution >= 0.6 is 0 Å². The lowest BCUT2D eigenvalue weighted by Crippen LogP contribution is -2.21. The third-order valence-corrected chi connectivity index (χ3v) is 4.82. The first-order chi connectivity index (χ1) is 12.1. The van der Waals surface area contributed by atoms with Crippen LogP contribution in [0.5, 0.6) is 0 Å². The van der Waals surface area contributed by atoms with Crippen molar-refractivity contribution in [1.29, 1.82) is 0 Å². The van der Waals surface area contributed by atoms with Crippen molar-refractivity contribution in [3.8, 4) is 0 Å². The summed E-state index contributed by atoms with van der Waals surface area (Å²) in [4.78, 5) is 15.3. The maximum absolute atomic E-state index is 10.4. The maximum atomic E-state index is 10.4. The van der Waals surface area contributed by atoms with Gasteiger partial charge in [0.1, 0.15) is 0 Å². The molecule has 4 heterocycles. The lowest BCUT2D eigenvalue weighted by atomic mass is 10.0. The molecule has 1 N–H and O–H groups in total. The summed E-state index contributed by atoms with van der Waals surface area (Å²) >= 11 is 0. The largest absolute Gasteiger partial charge is 0.391 e. The van der Waals surface area contributed by atoms with Crippen LogP contribution < -0.4 is 0 Å². The number of aryl methyl sites for hydroxylation is 2. The van der Waals surface area contributed by atoms with E-state index in [1.165, 1.54) is 0 Å². The Morgan fingerprint density at radius 2 is 2.08 bits per heavy atom. The van der Waals surface area contributed by atoms with Crippen molar-refractivity contribution < 1.29 is 5.11 Å². The summed E-state index contributed by atoms with van der Waals surface area (Å²) in [6.45, 7) is 6.27. The molecular weight excluding hydrogens is 316 g/mol. The Kier molecular flexibility index (Phi) is 4.19. The summed E-state index contributed by atoms with van der Waals surface area (Å²) in [5.74, 6) is 0.176. The second-order valence-electron chi connectivity index (χ2n) is 6.87. The molecule has 7 nitrogen and oxygen atoms in total. The number of aliphatic hydroxyl groups excluding tert-OH is 1. The SMILES string of the molecule is Cc1cc(C)n2ncc(CN3C[C@@H](Cc4cnccn4)[C@H](O)C3)c2n1. The van der Waals surface area contributed by atoms with Gasteiger partial charge >= 0.3 is 0 Å². The van der Waals surface area contributed by atoms with Gasteiger partial charge in [-0.3, -0.25) is 14.9 Å². The molecule has 0 amide bonds. The molecule has 0 unspecified atom stereocenters. The van der Waals surface area contributed by atoms with Crippen LogP contribution in [-0.4, -0.2) is 53.8 Å². The molecule has 0 aromatic carbocycles. The van der Waals surface area contributed by atoms with E-state index in [-0.39, 0.29) is 12.0 Å². The minimum absolute atomic E-state index is 0.176. The molecule has 7 heteroatoms. The monoisotopic (exact) mass is 338 g/mol. The number of aliphatic hydroxyl groups is 1. The molecule has 25 heavy (non-hydrogen) atoms. The number of nitrogens with zero attached hydrogens (tertiary/aromatic N) is 6. The van der Waals surface area contributed by atoms with Crippen LogP contribution in [0.2, 0.25) is 0 Å². The fourth-order valence-electron chi connectivity index (χ4n) is 3.64. The number of likely N-dealkylation sites (tertiary alicyclic amines) is 1. The predicted octanol–water partition coefficient (Wildman–Crippen LogP) is 1.17. The maximum Gasteiger partial charge on any atom is 0.159 e. The molecular formula is C18H22N6O. The lowest BCUT2D eigenvalue weighted by Gasteiger charge is -2.14. The summed E-state index contributed by atoms with van der Waals surface area (Å²) in [7, 11) is 0. The third kappa shape index (κ3) is 3.25. The van der Waals surface area contributed by atoms with Gasteiger partial charge in [0.25, 0.3) is 0 Å². The number of rotatable bonds is 4. The molecule has 3 aromatic rings. The number of hydrogen-bond acceptors (Lipinski definition) is 6. The van der Waals surface area contributed by atoms with E-state index in [2.05, 4.69) is 25.0 Å². The number of hydrogen-bond donors (Lipinski definition) is 1. The van der Waals surface area contributed by atoms with Gasteiger partial charge in [0.15, 0.2) is 5.65 Å². The van der Waals surface area contributed by atoms with Gasteiger partial charge in [-0.1, -0.05) is 0 Å². The van der Waals surface area contributed by atoms with E-state index in [1.54, 1.807) is 18.6 Å². The zero-order chi connectivity index (χ0) is 17.4. The molecule has 130 valence electrons. The van der Waals surface area contributed by atoms with Crippen molar-refractivity contribution >= 4 is 5.65 Å². The van der Waals surface area contributed by atoms with E-state index in [4.69, 9.17) is 0 Å². The van der Waals surface area contributed by atoms with Gasteiger partial charge in [-0.15, -0.1) is 0 Å². The first-order valence-corrected chi connectivity index (χ1v) is 8.56. The highest BCUT2D eigenvalue weighted by molar-refractivity contribution is 5.47. The van der Waals surface area contributed by atoms with Gasteiger partial charge in [0, 0.05) is 61.1 Å². The van der Waals surface area contributed by atoms with Gasteiger partial charge in [0.05, 0.1) is 18.0 Å². The Balaban J connectivity index is 1.49. The molecule has 0 bridgehead atoms. The average Bonchev–Trinajstić information content (AvgIpc) is 3.13. The molecule has 1 aliphatic heterocycles. The van der Waals surface area contributed by atoms with Crippen molar-refractivity contribution in [2.24, 2.45) is 5.92 Å². The molecule has 3 aromatic heterocycles. The van der Waals surface area contributed by atoms with Crippen molar-refractivity contribution in [1.82, 2.24) is 29.5 Å². The molecule has 0 radical (unpaired) electrons. The number of β-amino-alcohol motifs (C(OH)–C–C–N with tert-alkyl or cyclic N) is 1. The smallest absolute Gasteiger partial charge is 0.159 e. The molecule has 0 saturated carbocycles. The van der Waals surface area contributed by atoms with Crippen molar-refractivity contribution in [3.63, 3.8) is 0 Å². The molecule has 1 aliphatic rings. The highest BCUT2D eigenvalue weighted by Crippen LogP contribution is 2.23. The van der Waals surface area contributed by atoms with Crippen LogP contribution in [0, 0.1) is 19.8 Å². The molecule has 1 fully saturated rings. The second kappa shape index (κ2) is 6.50. The highest BCUT2D eigenvalue weighted by Gasteiger charge is 2.32. The topological polar surface area (TPSA) is 79.4 Å². The van der Waals surface area contributed by atoms with Crippen LogP contribution in [0.15, 0.2) is 30.9 Å². The zero-order valence-corrected chi connectivity index (χ0v) is 14.5. The molecule has 2 atom stereocenters. The van der Waals surface area contributed by atoms with Crippen LogP contribution in [0.4, 0.5) is 0 Å². The van der Waals surface area contributed by atoms with Gasteiger partial charge in [-0.05, 0) is 26.3 Å². The van der Waals surface area contributed by atoms with Gasteiger partial charge < -0.3 is 5.11 Å². The van der Waals surface area contributed by atoms with E-state index >= 15 is 0 Å². The second-order valence-corrected chi connectivity index (χ2v) is 6.87. The summed E-state index contributed by atoms with van der Waals surface area (Å²) < 4.78 is 1.88. The Bertz CT molecular complexity index is 878. The van der Waals surface area contributed by atoms with E-state index in [0.29, 0.717) is 6.54 Å². The summed E-state index contributed by atoms with van der Waals surface area (Å²) in [5.41, 5.74) is 5.00. The standard InChI is InChI=1S/C18H22N6O/c1-12-5-13(2)24-18(22-12)15(7-21-24)10-23-9-14(17(25)11-23)6-16-8-19-3-4-20-16/h3-5,7-8,14,17,25H,6,9-11H2,1-2H3/t14-,17-/m1/s1. The minimum atomic E-state index is -0.347. The zero-order valence-electron chi connectivity index (χ0n) is 14.5. The number of aromatic nitrogens is 5. The van der Waals surface area contributed by atoms with E-state index in [1.807, 2.05) is 30.6 Å². The first kappa shape index (κ1) is 16.1. The van der Waals surface area contributed by atoms with Crippen molar-refractivity contribution in [2.45, 2.75) is 32.9 Å². The fourth-order valence-corrected chi connectivity index (χ4v) is 3.64.